The van der Waals surface area contributed by atoms with Crippen LogP contribution in [-0.4, -0.2) is 51.5 Å². The van der Waals surface area contributed by atoms with Gasteiger partial charge in [-0.1, -0.05) is 142 Å². The molecule has 4 rings (SSSR count). The molecular weight excluding hydrogens is 587 g/mol. The van der Waals surface area contributed by atoms with Gasteiger partial charge in [0.2, 0.25) is 0 Å². The third-order valence-corrected chi connectivity index (χ3v) is 13.2. The van der Waals surface area contributed by atoms with Gasteiger partial charge in [0.15, 0.2) is 0 Å². The lowest BCUT2D eigenvalue weighted by atomic mass is 10.0. The van der Waals surface area contributed by atoms with Crippen LogP contribution in [0.15, 0.2) is 0 Å². The van der Waals surface area contributed by atoms with Crippen LogP contribution in [0.1, 0.15) is 194 Å². The molecule has 9 unspecified atom stereocenters. The lowest BCUT2D eigenvalue weighted by molar-refractivity contribution is -0.0287. The molecular formula is C45H85NO2. The first-order valence-electron chi connectivity index (χ1n) is 22.4. The van der Waals surface area contributed by atoms with E-state index in [1.165, 1.54) is 141 Å². The molecule has 48 heavy (non-hydrogen) atoms. The van der Waals surface area contributed by atoms with Crippen LogP contribution in [0.2, 0.25) is 0 Å². The van der Waals surface area contributed by atoms with E-state index in [2.05, 4.69) is 32.8 Å². The molecule has 0 heterocycles. The van der Waals surface area contributed by atoms with E-state index in [-0.39, 0.29) is 6.10 Å². The van der Waals surface area contributed by atoms with Gasteiger partial charge in [-0.25, -0.2) is 0 Å². The average molecular weight is 672 g/mol. The van der Waals surface area contributed by atoms with Crippen LogP contribution in [0.4, 0.5) is 0 Å². The summed E-state index contributed by atoms with van der Waals surface area (Å²) in [6.07, 6.45) is 40.9. The van der Waals surface area contributed by atoms with E-state index in [4.69, 9.17) is 9.47 Å². The van der Waals surface area contributed by atoms with Crippen molar-refractivity contribution in [1.29, 1.82) is 0 Å². The van der Waals surface area contributed by atoms with Crippen LogP contribution in [0, 0.1) is 47.3 Å². The summed E-state index contributed by atoms with van der Waals surface area (Å²) >= 11 is 0. The van der Waals surface area contributed by atoms with E-state index in [9.17, 15) is 0 Å². The number of likely N-dealkylation sites (N-methyl/N-ethyl adjacent to an activating group) is 1. The largest absolute Gasteiger partial charge is 0.379 e. The number of rotatable bonds is 35. The summed E-state index contributed by atoms with van der Waals surface area (Å²) in [6, 6.07) is 0. The van der Waals surface area contributed by atoms with E-state index >= 15 is 0 Å². The van der Waals surface area contributed by atoms with Crippen molar-refractivity contribution in [1.82, 2.24) is 4.90 Å². The van der Waals surface area contributed by atoms with Crippen molar-refractivity contribution in [3.63, 3.8) is 0 Å². The Morgan fingerprint density at radius 2 is 0.833 bits per heavy atom. The molecule has 0 aromatic heterocycles. The second kappa shape index (κ2) is 24.2. The maximum Gasteiger partial charge on any atom is 0.0934 e. The van der Waals surface area contributed by atoms with Crippen molar-refractivity contribution < 1.29 is 9.47 Å². The van der Waals surface area contributed by atoms with E-state index in [1.807, 2.05) is 0 Å². The summed E-state index contributed by atoms with van der Waals surface area (Å²) in [4.78, 5) is 2.25. The molecule has 9 atom stereocenters. The molecule has 0 spiro atoms. The summed E-state index contributed by atoms with van der Waals surface area (Å²) in [7, 11) is 4.30. The van der Waals surface area contributed by atoms with Gasteiger partial charge in [0.1, 0.15) is 0 Å². The lowest BCUT2D eigenvalue weighted by Gasteiger charge is -2.21. The molecule has 282 valence electrons. The number of hydrogen-bond donors (Lipinski definition) is 0. The number of unbranched alkanes of at least 4 members (excludes halogenated alkanes) is 14. The molecule has 4 aliphatic rings. The van der Waals surface area contributed by atoms with Crippen LogP contribution in [-0.2, 0) is 9.47 Å². The van der Waals surface area contributed by atoms with Gasteiger partial charge < -0.3 is 14.4 Å². The van der Waals surface area contributed by atoms with Gasteiger partial charge in [-0.15, -0.1) is 0 Å². The van der Waals surface area contributed by atoms with Crippen molar-refractivity contribution in [2.75, 3.05) is 40.5 Å². The minimum Gasteiger partial charge on any atom is -0.379 e. The molecule has 0 bridgehead atoms. The second-order valence-electron chi connectivity index (χ2n) is 18.1. The Kier molecular flexibility index (Phi) is 20.5. The Balaban J connectivity index is 0.857. The van der Waals surface area contributed by atoms with Crippen molar-refractivity contribution in [3.05, 3.63) is 0 Å². The van der Waals surface area contributed by atoms with E-state index in [0.29, 0.717) is 0 Å². The third kappa shape index (κ3) is 18.4. The highest BCUT2D eigenvalue weighted by atomic mass is 16.5. The molecule has 3 heteroatoms. The Morgan fingerprint density at radius 1 is 0.458 bits per heavy atom. The van der Waals surface area contributed by atoms with Crippen LogP contribution in [0.3, 0.4) is 0 Å². The first-order valence-corrected chi connectivity index (χ1v) is 22.4. The van der Waals surface area contributed by atoms with Crippen molar-refractivity contribution in [2.45, 2.75) is 200 Å². The first-order chi connectivity index (χ1) is 23.6. The fourth-order valence-corrected chi connectivity index (χ4v) is 9.46. The molecule has 0 N–H and O–H groups in total. The van der Waals surface area contributed by atoms with Gasteiger partial charge in [0.25, 0.3) is 0 Å². The Bertz CT molecular complexity index is 785. The van der Waals surface area contributed by atoms with Gasteiger partial charge >= 0.3 is 0 Å². The minimum absolute atomic E-state index is 0.215. The topological polar surface area (TPSA) is 21.7 Å². The highest BCUT2D eigenvalue weighted by molar-refractivity contribution is 4.95. The summed E-state index contributed by atoms with van der Waals surface area (Å²) in [5.74, 6) is 8.94. The van der Waals surface area contributed by atoms with Crippen LogP contribution >= 0.6 is 0 Å². The standard InChI is InChI=1S/C45H85NO2/c1-5-7-17-23-37-29-41(37)33-43-31-39(43)25-19-13-9-11-15-21-27-47-36-45(35-46(3)4)48-28-22-16-12-10-14-20-26-40-32-44(40)34-42-30-38(42)24-18-8-6-2/h37-45H,5-36H2,1-4H3. The molecule has 0 amide bonds. The fraction of sp³-hybridized carbons (Fsp3) is 1.00. The van der Waals surface area contributed by atoms with Gasteiger partial charge in [-0.05, 0) is 113 Å². The van der Waals surface area contributed by atoms with Crippen molar-refractivity contribution >= 4 is 0 Å². The summed E-state index contributed by atoms with van der Waals surface area (Å²) in [5, 5.41) is 0. The van der Waals surface area contributed by atoms with Gasteiger partial charge in [-0.3, -0.25) is 0 Å². The SMILES string of the molecule is CCCCCC1CC1CC1CC1CCCCCCCCOCC(CN(C)C)OCCCCCCCCC1CC1CC1CC1CCCCC. The van der Waals surface area contributed by atoms with E-state index < -0.39 is 0 Å². The predicted molar refractivity (Wildman–Crippen MR) is 208 cm³/mol. The predicted octanol–water partition coefficient (Wildman–Crippen LogP) is 12.9. The minimum atomic E-state index is 0.215. The van der Waals surface area contributed by atoms with E-state index in [1.54, 1.807) is 38.5 Å². The summed E-state index contributed by atoms with van der Waals surface area (Å²) in [5.41, 5.74) is 0. The fourth-order valence-electron chi connectivity index (χ4n) is 9.46. The smallest absolute Gasteiger partial charge is 0.0934 e. The normalized spacial score (nSPS) is 29.4. The number of hydrogen-bond acceptors (Lipinski definition) is 3. The number of ether oxygens (including phenoxy) is 2. The van der Waals surface area contributed by atoms with E-state index in [0.717, 1.165) is 73.7 Å². The zero-order chi connectivity index (χ0) is 33.8. The van der Waals surface area contributed by atoms with Crippen LogP contribution < -0.4 is 0 Å². The third-order valence-electron chi connectivity index (χ3n) is 13.2. The maximum atomic E-state index is 6.29. The number of nitrogens with zero attached hydrogens (tertiary/aromatic N) is 1. The molecule has 0 radical (unpaired) electrons. The Labute approximate surface area is 301 Å². The molecule has 3 nitrogen and oxygen atoms in total. The molecule has 0 aliphatic heterocycles. The highest BCUT2D eigenvalue weighted by Gasteiger charge is 2.45. The second-order valence-corrected chi connectivity index (χ2v) is 18.1. The zero-order valence-corrected chi connectivity index (χ0v) is 33.1. The van der Waals surface area contributed by atoms with Crippen LogP contribution in [0.5, 0.6) is 0 Å². The Hall–Kier alpha value is -0.120. The molecule has 0 aromatic rings. The average Bonchev–Trinajstić information content (AvgIpc) is 3.89. The van der Waals surface area contributed by atoms with Gasteiger partial charge in [0, 0.05) is 19.8 Å². The maximum absolute atomic E-state index is 6.29. The highest BCUT2D eigenvalue weighted by Crippen LogP contribution is 2.55. The first kappa shape index (κ1) is 40.6. The molecule has 4 fully saturated rings. The molecule has 4 saturated carbocycles. The van der Waals surface area contributed by atoms with Gasteiger partial charge in [0.05, 0.1) is 12.7 Å². The molecule has 0 saturated heterocycles. The summed E-state index contributed by atoms with van der Waals surface area (Å²) in [6.45, 7) is 8.18. The van der Waals surface area contributed by atoms with Crippen molar-refractivity contribution in [3.8, 4) is 0 Å². The summed E-state index contributed by atoms with van der Waals surface area (Å²) < 4.78 is 12.4. The van der Waals surface area contributed by atoms with Gasteiger partial charge in [-0.2, -0.15) is 0 Å². The lowest BCUT2D eigenvalue weighted by Crippen LogP contribution is -2.32. The Morgan fingerprint density at radius 3 is 1.25 bits per heavy atom. The molecule has 4 aliphatic carbocycles. The van der Waals surface area contributed by atoms with Crippen LogP contribution in [0.25, 0.3) is 0 Å². The van der Waals surface area contributed by atoms with Crippen molar-refractivity contribution in [2.24, 2.45) is 47.3 Å². The monoisotopic (exact) mass is 672 g/mol. The molecule has 0 aromatic carbocycles. The quantitative estimate of drug-likeness (QED) is 0.0626. The zero-order valence-electron chi connectivity index (χ0n) is 33.1.